The van der Waals surface area contributed by atoms with Crippen LogP contribution in [-0.4, -0.2) is 78.5 Å². The lowest BCUT2D eigenvalue weighted by Gasteiger charge is -2.32. The number of ether oxygens (including phenoxy) is 1. The Kier molecular flexibility index (Phi) is 12.7. The van der Waals surface area contributed by atoms with E-state index in [-0.39, 0.29) is 18.3 Å². The molecule has 6 aromatic rings. The molecule has 0 amide bonds. The average Bonchev–Trinajstić information content (AvgIpc) is 4.01. The van der Waals surface area contributed by atoms with Crippen molar-refractivity contribution >= 4 is 47.2 Å². The summed E-state index contributed by atoms with van der Waals surface area (Å²) >= 11 is 3.42. The SMILES string of the molecule is Brc1cccc(-c2cn[nH]c2)c1.CC(C)(C)OC(=O)n1cc(-c2cccc(B3OC(C)(C)C(C)(C)O3)c2)cn1.CC1(C)OB(c2cccc(-c3cn[nH]c3)c2)OC1(C)C. The van der Waals surface area contributed by atoms with E-state index in [2.05, 4.69) is 93.4 Å². The standard InChI is InChI=1S/C20H27BN2O4.C15H19BN2O2.C9H7BrN2/c1-18(2,3)25-17(24)23-13-15(12-22-23)14-9-8-10-16(11-14)21-26-19(4,5)20(6,7)27-21;1-14(2)15(3,4)20-16(19-14)13-7-5-6-11(8-13)12-9-17-18-10-12;10-9-3-1-2-7(4-9)8-5-11-12-6-8/h8-13H,1-7H3;5-10H,1-4H3,(H,17,18);1-6H,(H,11,12). The second-order valence-corrected chi connectivity index (χ2v) is 18.5. The Bertz CT molecular complexity index is 2310. The van der Waals surface area contributed by atoms with E-state index in [0.717, 1.165) is 48.8 Å². The van der Waals surface area contributed by atoms with Gasteiger partial charge in [0.05, 0.1) is 41.0 Å². The van der Waals surface area contributed by atoms with Gasteiger partial charge in [-0.3, -0.25) is 10.2 Å². The normalized spacial score (nSPS) is 17.4. The molecule has 0 bridgehead atoms. The highest BCUT2D eigenvalue weighted by atomic mass is 79.9. The van der Waals surface area contributed by atoms with Crippen molar-refractivity contribution in [1.82, 2.24) is 30.2 Å². The van der Waals surface area contributed by atoms with Crippen LogP contribution in [0.15, 0.2) is 114 Å². The van der Waals surface area contributed by atoms with E-state index in [4.69, 9.17) is 23.4 Å². The lowest BCUT2D eigenvalue weighted by molar-refractivity contribution is 0.00578. The predicted octanol–water partition coefficient (Wildman–Crippen LogP) is 8.85. The molecule has 0 spiro atoms. The molecular formula is C44H53B2BrN6O6. The van der Waals surface area contributed by atoms with Crippen LogP contribution < -0.4 is 10.9 Å². The van der Waals surface area contributed by atoms with Gasteiger partial charge in [-0.15, -0.1) is 0 Å². The number of aromatic amines is 2. The molecule has 59 heavy (non-hydrogen) atoms. The quantitative estimate of drug-likeness (QED) is 0.163. The molecule has 0 radical (unpaired) electrons. The molecule has 0 aliphatic carbocycles. The zero-order chi connectivity index (χ0) is 42.8. The zero-order valence-electron chi connectivity index (χ0n) is 35.7. The van der Waals surface area contributed by atoms with Crippen LogP contribution in [0.2, 0.25) is 0 Å². The van der Waals surface area contributed by atoms with Crippen molar-refractivity contribution in [2.24, 2.45) is 0 Å². The van der Waals surface area contributed by atoms with Crippen molar-refractivity contribution in [2.45, 2.75) is 104 Å². The van der Waals surface area contributed by atoms with Gasteiger partial charge < -0.3 is 23.4 Å². The fourth-order valence-corrected chi connectivity index (χ4v) is 6.45. The Labute approximate surface area is 356 Å². The van der Waals surface area contributed by atoms with E-state index in [1.54, 1.807) is 12.4 Å². The topological polar surface area (TPSA) is 138 Å². The van der Waals surface area contributed by atoms with Gasteiger partial charge in [0.2, 0.25) is 0 Å². The Hall–Kier alpha value is -4.79. The van der Waals surface area contributed by atoms with E-state index in [9.17, 15) is 4.79 Å². The maximum Gasteiger partial charge on any atom is 0.494 e. The number of hydrogen-bond donors (Lipinski definition) is 2. The zero-order valence-corrected chi connectivity index (χ0v) is 37.2. The molecule has 2 aliphatic rings. The first-order chi connectivity index (χ1) is 27.6. The number of rotatable bonds is 5. The minimum Gasteiger partial charge on any atom is -0.442 e. The van der Waals surface area contributed by atoms with Gasteiger partial charge in [-0.05, 0) is 116 Å². The van der Waals surface area contributed by atoms with Crippen LogP contribution in [0.5, 0.6) is 0 Å². The molecule has 0 atom stereocenters. The number of benzene rings is 3. The molecule has 15 heteroatoms. The predicted molar refractivity (Wildman–Crippen MR) is 236 cm³/mol. The summed E-state index contributed by atoms with van der Waals surface area (Å²) in [5, 5.41) is 17.6. The molecule has 308 valence electrons. The summed E-state index contributed by atoms with van der Waals surface area (Å²) in [6.45, 7) is 21.8. The highest BCUT2D eigenvalue weighted by Gasteiger charge is 2.52. The van der Waals surface area contributed by atoms with Gasteiger partial charge in [0, 0.05) is 39.8 Å². The number of carbonyl (C=O) groups excluding carboxylic acids is 1. The van der Waals surface area contributed by atoms with Gasteiger partial charge in [0.1, 0.15) is 5.60 Å². The number of nitrogens with one attached hydrogen (secondary N) is 2. The third kappa shape index (κ3) is 10.5. The fraction of sp³-hybridized carbons (Fsp3) is 0.364. The Balaban J connectivity index is 0.000000160. The molecule has 2 saturated heterocycles. The summed E-state index contributed by atoms with van der Waals surface area (Å²) in [5.74, 6) is 0. The van der Waals surface area contributed by atoms with Crippen LogP contribution in [0.3, 0.4) is 0 Å². The molecule has 0 saturated carbocycles. The molecular weight excluding hydrogens is 810 g/mol. The summed E-state index contributed by atoms with van der Waals surface area (Å²) in [5.41, 5.74) is 6.15. The first kappa shape index (κ1) is 43.8. The van der Waals surface area contributed by atoms with Crippen molar-refractivity contribution in [3.05, 3.63) is 114 Å². The summed E-state index contributed by atoms with van der Waals surface area (Å²) in [6, 6.07) is 24.2. The number of nitrogens with zero attached hydrogens (tertiary/aromatic N) is 4. The number of carbonyl (C=O) groups is 1. The van der Waals surface area contributed by atoms with E-state index < -0.39 is 30.0 Å². The number of aromatic nitrogens is 6. The number of hydrogen-bond acceptors (Lipinski definition) is 9. The van der Waals surface area contributed by atoms with Crippen LogP contribution in [-0.2, 0) is 23.4 Å². The third-order valence-electron chi connectivity index (χ3n) is 10.8. The highest BCUT2D eigenvalue weighted by molar-refractivity contribution is 9.10. The first-order valence-corrected chi connectivity index (χ1v) is 20.4. The summed E-state index contributed by atoms with van der Waals surface area (Å²) < 4.78 is 32.0. The molecule has 3 aromatic carbocycles. The van der Waals surface area contributed by atoms with Crippen molar-refractivity contribution < 1.29 is 28.1 Å². The monoisotopic (exact) mass is 862 g/mol. The molecule has 2 aliphatic heterocycles. The summed E-state index contributed by atoms with van der Waals surface area (Å²) in [7, 11) is -0.761. The number of halogens is 1. The average molecular weight is 863 g/mol. The third-order valence-corrected chi connectivity index (χ3v) is 11.3. The molecule has 8 rings (SSSR count). The van der Waals surface area contributed by atoms with Crippen LogP contribution in [0.25, 0.3) is 33.4 Å². The minimum atomic E-state index is -0.570. The van der Waals surface area contributed by atoms with E-state index >= 15 is 0 Å². The molecule has 5 heterocycles. The Morgan fingerprint density at radius 2 is 1.05 bits per heavy atom. The Morgan fingerprint density at radius 3 is 1.46 bits per heavy atom. The molecule has 2 N–H and O–H groups in total. The van der Waals surface area contributed by atoms with E-state index in [1.807, 2.05) is 122 Å². The van der Waals surface area contributed by atoms with Crippen LogP contribution in [0, 0.1) is 0 Å². The van der Waals surface area contributed by atoms with Crippen molar-refractivity contribution in [3.63, 3.8) is 0 Å². The smallest absolute Gasteiger partial charge is 0.442 e. The van der Waals surface area contributed by atoms with E-state index in [1.165, 1.54) is 4.68 Å². The van der Waals surface area contributed by atoms with Crippen LogP contribution in [0.1, 0.15) is 76.2 Å². The Morgan fingerprint density at radius 1 is 0.627 bits per heavy atom. The lowest BCUT2D eigenvalue weighted by Crippen LogP contribution is -2.41. The fourth-order valence-electron chi connectivity index (χ4n) is 6.05. The lowest BCUT2D eigenvalue weighted by atomic mass is 9.78. The second kappa shape index (κ2) is 17.1. The maximum absolute atomic E-state index is 12.2. The van der Waals surface area contributed by atoms with Gasteiger partial charge in [0.15, 0.2) is 0 Å². The van der Waals surface area contributed by atoms with E-state index in [0.29, 0.717) is 0 Å². The maximum atomic E-state index is 12.2. The second-order valence-electron chi connectivity index (χ2n) is 17.6. The van der Waals surface area contributed by atoms with Gasteiger partial charge in [0.25, 0.3) is 0 Å². The molecule has 0 unspecified atom stereocenters. The molecule has 2 fully saturated rings. The number of H-pyrrole nitrogens is 2. The van der Waals surface area contributed by atoms with Gasteiger partial charge >= 0.3 is 20.3 Å². The van der Waals surface area contributed by atoms with Gasteiger partial charge in [-0.25, -0.2) is 4.79 Å². The van der Waals surface area contributed by atoms with Crippen LogP contribution in [0.4, 0.5) is 4.79 Å². The highest BCUT2D eigenvalue weighted by Crippen LogP contribution is 2.38. The first-order valence-electron chi connectivity index (χ1n) is 19.6. The minimum absolute atomic E-state index is 0.316. The van der Waals surface area contributed by atoms with Crippen molar-refractivity contribution in [3.8, 4) is 33.4 Å². The molecule has 12 nitrogen and oxygen atoms in total. The summed E-state index contributed by atoms with van der Waals surface area (Å²) in [4.78, 5) is 12.2. The largest absolute Gasteiger partial charge is 0.494 e. The summed E-state index contributed by atoms with van der Waals surface area (Å²) in [6.07, 6.45) is 10.2. The molecule has 3 aromatic heterocycles. The van der Waals surface area contributed by atoms with Gasteiger partial charge in [-0.1, -0.05) is 76.6 Å². The van der Waals surface area contributed by atoms with Gasteiger partial charge in [-0.2, -0.15) is 20.0 Å². The van der Waals surface area contributed by atoms with Crippen molar-refractivity contribution in [1.29, 1.82) is 0 Å². The van der Waals surface area contributed by atoms with Crippen molar-refractivity contribution in [2.75, 3.05) is 0 Å². The van der Waals surface area contributed by atoms with Crippen LogP contribution >= 0.6 is 15.9 Å².